The van der Waals surface area contributed by atoms with E-state index in [9.17, 15) is 4.79 Å². The van der Waals surface area contributed by atoms with Crippen LogP contribution in [0, 0.1) is 5.92 Å². The average molecular weight is 184 g/mol. The Balaban J connectivity index is 2.31. The lowest BCUT2D eigenvalue weighted by molar-refractivity contribution is -0.129. The molecule has 0 unspecified atom stereocenters. The zero-order valence-corrected chi connectivity index (χ0v) is 8.68. The monoisotopic (exact) mass is 184 g/mol. The first-order chi connectivity index (χ1) is 6.24. The SMILES string of the molecule is CCN(C[C@@H]1CCCNC1)C(C)=O. The molecule has 76 valence electrons. The lowest BCUT2D eigenvalue weighted by Crippen LogP contribution is -2.40. The molecule has 13 heavy (non-hydrogen) atoms. The van der Waals surface area contributed by atoms with E-state index in [4.69, 9.17) is 0 Å². The second-order valence-corrected chi connectivity index (χ2v) is 3.77. The van der Waals surface area contributed by atoms with Crippen LogP contribution in [0.25, 0.3) is 0 Å². The van der Waals surface area contributed by atoms with Gasteiger partial charge in [-0.2, -0.15) is 0 Å². The van der Waals surface area contributed by atoms with Crippen LogP contribution in [0.4, 0.5) is 0 Å². The normalized spacial score (nSPS) is 22.8. The van der Waals surface area contributed by atoms with E-state index in [0.29, 0.717) is 5.92 Å². The molecular formula is C10H20N2O. The van der Waals surface area contributed by atoms with Crippen molar-refractivity contribution < 1.29 is 4.79 Å². The molecule has 1 aliphatic heterocycles. The zero-order valence-electron chi connectivity index (χ0n) is 8.68. The van der Waals surface area contributed by atoms with Gasteiger partial charge in [0.05, 0.1) is 0 Å². The van der Waals surface area contributed by atoms with Crippen molar-refractivity contribution >= 4 is 5.91 Å². The fraction of sp³-hybridized carbons (Fsp3) is 0.900. The van der Waals surface area contributed by atoms with Crippen molar-refractivity contribution in [2.24, 2.45) is 5.92 Å². The van der Waals surface area contributed by atoms with E-state index in [1.165, 1.54) is 12.8 Å². The van der Waals surface area contributed by atoms with Crippen molar-refractivity contribution in [1.29, 1.82) is 0 Å². The first-order valence-electron chi connectivity index (χ1n) is 5.20. The van der Waals surface area contributed by atoms with Gasteiger partial charge in [-0.15, -0.1) is 0 Å². The Morgan fingerprint density at radius 3 is 2.85 bits per heavy atom. The molecule has 0 aromatic rings. The van der Waals surface area contributed by atoms with Gasteiger partial charge >= 0.3 is 0 Å². The summed E-state index contributed by atoms with van der Waals surface area (Å²) in [5.41, 5.74) is 0. The number of nitrogens with one attached hydrogen (secondary N) is 1. The largest absolute Gasteiger partial charge is 0.343 e. The quantitative estimate of drug-likeness (QED) is 0.705. The predicted octanol–water partition coefficient (Wildman–Crippen LogP) is 0.854. The molecule has 1 fully saturated rings. The van der Waals surface area contributed by atoms with Crippen molar-refractivity contribution in [3.05, 3.63) is 0 Å². The molecule has 1 N–H and O–H groups in total. The number of hydrogen-bond donors (Lipinski definition) is 1. The van der Waals surface area contributed by atoms with Crippen molar-refractivity contribution in [2.45, 2.75) is 26.7 Å². The zero-order chi connectivity index (χ0) is 9.68. The highest BCUT2D eigenvalue weighted by atomic mass is 16.2. The maximum absolute atomic E-state index is 11.2. The molecule has 1 saturated heterocycles. The summed E-state index contributed by atoms with van der Waals surface area (Å²) in [6, 6.07) is 0. The van der Waals surface area contributed by atoms with Gasteiger partial charge in [0.2, 0.25) is 5.91 Å². The number of amides is 1. The third-order valence-electron chi connectivity index (χ3n) is 2.70. The summed E-state index contributed by atoms with van der Waals surface area (Å²) in [7, 11) is 0. The smallest absolute Gasteiger partial charge is 0.219 e. The van der Waals surface area contributed by atoms with Crippen LogP contribution < -0.4 is 5.32 Å². The Bertz CT molecular complexity index is 164. The molecule has 0 radical (unpaired) electrons. The van der Waals surface area contributed by atoms with Crippen LogP contribution in [-0.2, 0) is 4.79 Å². The third-order valence-corrected chi connectivity index (χ3v) is 2.70. The van der Waals surface area contributed by atoms with Gasteiger partial charge in [0.1, 0.15) is 0 Å². The van der Waals surface area contributed by atoms with Gasteiger partial charge in [-0.1, -0.05) is 0 Å². The summed E-state index contributed by atoms with van der Waals surface area (Å²) in [5, 5.41) is 3.37. The number of carbonyl (C=O) groups is 1. The Kier molecular flexibility index (Phi) is 4.22. The lowest BCUT2D eigenvalue weighted by Gasteiger charge is -2.28. The minimum Gasteiger partial charge on any atom is -0.343 e. The van der Waals surface area contributed by atoms with E-state index in [2.05, 4.69) is 5.32 Å². The molecule has 1 heterocycles. The van der Waals surface area contributed by atoms with Crippen LogP contribution >= 0.6 is 0 Å². The number of nitrogens with zero attached hydrogens (tertiary/aromatic N) is 1. The molecule has 1 rings (SSSR count). The van der Waals surface area contributed by atoms with Crippen molar-refractivity contribution in [3.63, 3.8) is 0 Å². The standard InChI is InChI=1S/C10H20N2O/c1-3-12(9(2)13)8-10-5-4-6-11-7-10/h10-11H,3-8H2,1-2H3/t10-/m1/s1. The molecule has 0 saturated carbocycles. The highest BCUT2D eigenvalue weighted by molar-refractivity contribution is 5.73. The first-order valence-corrected chi connectivity index (χ1v) is 5.20. The summed E-state index contributed by atoms with van der Waals surface area (Å²) in [6.07, 6.45) is 2.51. The highest BCUT2D eigenvalue weighted by Gasteiger charge is 2.17. The fourth-order valence-electron chi connectivity index (χ4n) is 1.87. The third kappa shape index (κ3) is 3.35. The van der Waals surface area contributed by atoms with E-state index < -0.39 is 0 Å². The molecule has 0 spiro atoms. The Labute approximate surface area is 80.5 Å². The van der Waals surface area contributed by atoms with Gasteiger partial charge in [-0.3, -0.25) is 4.79 Å². The van der Waals surface area contributed by atoms with Gasteiger partial charge in [-0.05, 0) is 38.8 Å². The Morgan fingerprint density at radius 1 is 1.62 bits per heavy atom. The summed E-state index contributed by atoms with van der Waals surface area (Å²) >= 11 is 0. The van der Waals surface area contributed by atoms with Crippen molar-refractivity contribution in [1.82, 2.24) is 10.2 Å². The van der Waals surface area contributed by atoms with Gasteiger partial charge < -0.3 is 10.2 Å². The molecule has 0 aliphatic carbocycles. The first kappa shape index (κ1) is 10.5. The molecule has 1 amide bonds. The molecule has 1 aliphatic rings. The van der Waals surface area contributed by atoms with E-state index in [-0.39, 0.29) is 5.91 Å². The maximum atomic E-state index is 11.2. The van der Waals surface area contributed by atoms with Crippen LogP contribution in [0.2, 0.25) is 0 Å². The minimum absolute atomic E-state index is 0.202. The summed E-state index contributed by atoms with van der Waals surface area (Å²) in [5.74, 6) is 0.866. The van der Waals surface area contributed by atoms with Gasteiger partial charge in [0.15, 0.2) is 0 Å². The minimum atomic E-state index is 0.202. The van der Waals surface area contributed by atoms with Crippen LogP contribution in [0.15, 0.2) is 0 Å². The average Bonchev–Trinajstić information content (AvgIpc) is 2.15. The van der Waals surface area contributed by atoms with Gasteiger partial charge in [0, 0.05) is 20.0 Å². The Morgan fingerprint density at radius 2 is 2.38 bits per heavy atom. The summed E-state index contributed by atoms with van der Waals surface area (Å²) < 4.78 is 0. The van der Waals surface area contributed by atoms with E-state index in [0.717, 1.165) is 26.2 Å². The van der Waals surface area contributed by atoms with Crippen LogP contribution in [0.3, 0.4) is 0 Å². The van der Waals surface area contributed by atoms with E-state index >= 15 is 0 Å². The molecular weight excluding hydrogens is 164 g/mol. The maximum Gasteiger partial charge on any atom is 0.219 e. The van der Waals surface area contributed by atoms with E-state index in [1.807, 2.05) is 11.8 Å². The number of hydrogen-bond acceptors (Lipinski definition) is 2. The highest BCUT2D eigenvalue weighted by Crippen LogP contribution is 2.11. The second kappa shape index (κ2) is 5.22. The van der Waals surface area contributed by atoms with Gasteiger partial charge in [0.25, 0.3) is 0 Å². The molecule has 3 nitrogen and oxygen atoms in total. The van der Waals surface area contributed by atoms with Gasteiger partial charge in [-0.25, -0.2) is 0 Å². The molecule has 0 bridgehead atoms. The van der Waals surface area contributed by atoms with Crippen LogP contribution in [0.5, 0.6) is 0 Å². The Hall–Kier alpha value is -0.570. The van der Waals surface area contributed by atoms with E-state index in [1.54, 1.807) is 6.92 Å². The second-order valence-electron chi connectivity index (χ2n) is 3.77. The molecule has 3 heteroatoms. The van der Waals surface area contributed by atoms with Crippen LogP contribution in [-0.4, -0.2) is 37.0 Å². The molecule has 0 aromatic heterocycles. The number of piperidine rings is 1. The molecule has 1 atom stereocenters. The fourth-order valence-corrected chi connectivity index (χ4v) is 1.87. The topological polar surface area (TPSA) is 32.3 Å². The lowest BCUT2D eigenvalue weighted by atomic mass is 9.99. The predicted molar refractivity (Wildman–Crippen MR) is 53.5 cm³/mol. The number of carbonyl (C=O) groups excluding carboxylic acids is 1. The summed E-state index contributed by atoms with van der Waals surface area (Å²) in [6.45, 7) is 7.68. The summed E-state index contributed by atoms with van der Waals surface area (Å²) in [4.78, 5) is 13.1. The number of rotatable bonds is 3. The van der Waals surface area contributed by atoms with Crippen molar-refractivity contribution in [3.8, 4) is 0 Å². The van der Waals surface area contributed by atoms with Crippen LogP contribution in [0.1, 0.15) is 26.7 Å². The molecule has 0 aromatic carbocycles. The van der Waals surface area contributed by atoms with Crippen molar-refractivity contribution in [2.75, 3.05) is 26.2 Å².